The molecule has 4 rings (SSSR count). The average Bonchev–Trinajstić information content (AvgIpc) is 3.31. The number of halogens is 1. The van der Waals surface area contributed by atoms with Crippen molar-refractivity contribution >= 4 is 53.2 Å². The van der Waals surface area contributed by atoms with Crippen LogP contribution in [0.15, 0.2) is 62.3 Å². The van der Waals surface area contributed by atoms with Gasteiger partial charge >= 0.3 is 0 Å². The van der Waals surface area contributed by atoms with Crippen molar-refractivity contribution in [1.82, 2.24) is 9.55 Å². The molecule has 2 N–H and O–H groups in total. The van der Waals surface area contributed by atoms with E-state index in [1.807, 2.05) is 17.5 Å². The first-order valence-corrected chi connectivity index (χ1v) is 9.42. The maximum Gasteiger partial charge on any atom is 0.262 e. The summed E-state index contributed by atoms with van der Waals surface area (Å²) in [4.78, 5) is 15.9. The fourth-order valence-corrected chi connectivity index (χ4v) is 3.77. The summed E-state index contributed by atoms with van der Waals surface area (Å²) >= 11 is 12.7. The molecule has 0 fully saturated rings. The summed E-state index contributed by atoms with van der Waals surface area (Å²) in [5.74, 6) is -0.274. The Balaban J connectivity index is 1.87. The summed E-state index contributed by atoms with van der Waals surface area (Å²) in [6, 6.07) is 10.6. The van der Waals surface area contributed by atoms with E-state index < -0.39 is 5.56 Å². The molecule has 0 aliphatic carbocycles. The number of nitrogens with zero attached hydrogens (tertiary/aromatic N) is 3. The number of hydrogen-bond acceptors (Lipinski definition) is 6. The van der Waals surface area contributed by atoms with Gasteiger partial charge in [-0.15, -0.1) is 16.4 Å². The molecule has 1 aromatic carbocycles. The number of aromatic nitrogens is 2. The first-order valence-electron chi connectivity index (χ1n) is 7.76. The highest BCUT2D eigenvalue weighted by molar-refractivity contribution is 7.71. The highest BCUT2D eigenvalue weighted by atomic mass is 35.5. The van der Waals surface area contributed by atoms with E-state index >= 15 is 0 Å². The second-order valence-electron chi connectivity index (χ2n) is 5.58. The molecule has 134 valence electrons. The lowest BCUT2D eigenvalue weighted by Crippen LogP contribution is -2.16. The quantitative estimate of drug-likeness (QED) is 0.630. The molecular weight excluding hydrogens is 404 g/mol. The molecule has 3 aromatic rings. The predicted octanol–water partition coefficient (Wildman–Crippen LogP) is 4.19. The number of nitrogens with one attached hydrogen (secondary N) is 1. The highest BCUT2D eigenvalue weighted by Crippen LogP contribution is 2.25. The number of rotatable bonds is 3. The number of benzene rings is 1. The van der Waals surface area contributed by atoms with Gasteiger partial charge < -0.3 is 5.11 Å². The summed E-state index contributed by atoms with van der Waals surface area (Å²) in [5.41, 5.74) is 1.40. The Morgan fingerprint density at radius 2 is 2.04 bits per heavy atom. The van der Waals surface area contributed by atoms with Gasteiger partial charge in [0.25, 0.3) is 5.56 Å². The monoisotopic (exact) mass is 414 g/mol. The van der Waals surface area contributed by atoms with Crippen molar-refractivity contribution in [2.75, 3.05) is 0 Å². The van der Waals surface area contributed by atoms with Gasteiger partial charge in [-0.05, 0) is 54.0 Å². The van der Waals surface area contributed by atoms with Gasteiger partial charge in [-0.1, -0.05) is 17.7 Å². The third-order valence-corrected chi connectivity index (χ3v) is 5.30. The Hall–Kier alpha value is -2.81. The summed E-state index contributed by atoms with van der Waals surface area (Å²) in [6.45, 7) is 0. The van der Waals surface area contributed by atoms with Crippen molar-refractivity contribution in [3.8, 4) is 11.6 Å². The molecule has 27 heavy (non-hydrogen) atoms. The summed E-state index contributed by atoms with van der Waals surface area (Å²) in [6.07, 6.45) is 3.09. The standard InChI is InChI=1S/C18H11ClN4O2S2/c19-11-3-5-12(6-4-11)23-17(25)13(16(24)21-18(23)26)8-10-9-20-22-15(10)14-2-1-7-27-14/h1-9,25H,(H,21,24,26). The van der Waals surface area contributed by atoms with Gasteiger partial charge in [-0.25, -0.2) is 0 Å². The molecule has 0 unspecified atom stereocenters. The van der Waals surface area contributed by atoms with Gasteiger partial charge in [-0.2, -0.15) is 5.10 Å². The maximum atomic E-state index is 12.4. The minimum absolute atomic E-state index is 0.0613. The first kappa shape index (κ1) is 17.6. The minimum atomic E-state index is -0.499. The molecule has 0 bridgehead atoms. The normalized spacial score (nSPS) is 14.7. The van der Waals surface area contributed by atoms with Crippen LogP contribution in [-0.2, 0) is 0 Å². The molecule has 0 radical (unpaired) electrons. The lowest BCUT2D eigenvalue weighted by Gasteiger charge is -2.11. The van der Waals surface area contributed by atoms with Crippen LogP contribution in [0.4, 0.5) is 0 Å². The molecule has 0 atom stereocenters. The smallest absolute Gasteiger partial charge is 0.262 e. The number of H-pyrrole nitrogens is 1. The lowest BCUT2D eigenvalue weighted by atomic mass is 10.1. The first-order chi connectivity index (χ1) is 13.0. The number of allylic oxidation sites excluding steroid dienone is 1. The van der Waals surface area contributed by atoms with E-state index in [0.717, 1.165) is 4.88 Å². The van der Waals surface area contributed by atoms with E-state index in [0.29, 0.717) is 22.0 Å². The average molecular weight is 415 g/mol. The Labute approximate surface area is 167 Å². The topological polar surface area (TPSA) is 82.7 Å². The molecule has 2 aromatic heterocycles. The summed E-state index contributed by atoms with van der Waals surface area (Å²) in [5, 5.41) is 21.3. The van der Waals surface area contributed by atoms with Gasteiger partial charge in [0.15, 0.2) is 4.77 Å². The second-order valence-corrected chi connectivity index (χ2v) is 7.35. The van der Waals surface area contributed by atoms with Crippen LogP contribution in [0, 0.1) is 4.77 Å². The van der Waals surface area contributed by atoms with E-state index in [-0.39, 0.29) is 16.2 Å². The number of aromatic hydroxyl groups is 1. The van der Waals surface area contributed by atoms with Gasteiger partial charge in [0.1, 0.15) is 11.3 Å². The lowest BCUT2D eigenvalue weighted by molar-refractivity contribution is 0.432. The largest absolute Gasteiger partial charge is 0.494 e. The Morgan fingerprint density at radius 3 is 2.74 bits per heavy atom. The third-order valence-electron chi connectivity index (χ3n) is 3.89. The van der Waals surface area contributed by atoms with Gasteiger partial charge in [0.2, 0.25) is 5.88 Å². The summed E-state index contributed by atoms with van der Waals surface area (Å²) in [7, 11) is 0. The van der Waals surface area contributed by atoms with Crippen molar-refractivity contribution < 1.29 is 5.11 Å². The maximum absolute atomic E-state index is 12.4. The molecule has 1 aliphatic heterocycles. The van der Waals surface area contributed by atoms with Crippen molar-refractivity contribution in [3.63, 3.8) is 0 Å². The number of hydrogen-bond donors (Lipinski definition) is 2. The van der Waals surface area contributed by atoms with Crippen LogP contribution in [0.3, 0.4) is 0 Å². The van der Waals surface area contributed by atoms with Crippen molar-refractivity contribution in [2.45, 2.75) is 0 Å². The van der Waals surface area contributed by atoms with Crippen LogP contribution < -0.4 is 5.56 Å². The zero-order valence-corrected chi connectivity index (χ0v) is 16.0. The van der Waals surface area contributed by atoms with Crippen LogP contribution in [0.25, 0.3) is 11.8 Å². The number of thiophene rings is 1. The SMILES string of the molecule is O=c1[nH]c(=S)n(-c2ccc(Cl)cc2)c(O)c1C=C1C=NN=C1c1cccs1. The van der Waals surface area contributed by atoms with Crippen molar-refractivity contribution in [1.29, 1.82) is 0 Å². The van der Waals surface area contributed by atoms with Crippen molar-refractivity contribution in [3.05, 3.63) is 77.9 Å². The molecule has 1 aliphatic rings. The van der Waals surface area contributed by atoms with Gasteiger partial charge in [-0.3, -0.25) is 14.3 Å². The predicted molar refractivity (Wildman–Crippen MR) is 111 cm³/mol. The van der Waals surface area contributed by atoms with Crippen LogP contribution >= 0.6 is 35.2 Å². The molecule has 0 amide bonds. The van der Waals surface area contributed by atoms with Crippen molar-refractivity contribution in [2.24, 2.45) is 10.2 Å². The molecule has 0 saturated carbocycles. The van der Waals surface area contributed by atoms with Crippen LogP contribution in [0.5, 0.6) is 5.88 Å². The molecule has 0 saturated heterocycles. The Morgan fingerprint density at radius 1 is 1.26 bits per heavy atom. The number of aromatic amines is 1. The van der Waals surface area contributed by atoms with Crippen LogP contribution in [-0.4, -0.2) is 26.6 Å². The Bertz CT molecular complexity index is 1220. The molecular formula is C18H11ClN4O2S2. The summed E-state index contributed by atoms with van der Waals surface area (Å²) < 4.78 is 1.45. The molecule has 0 spiro atoms. The van der Waals surface area contributed by atoms with Crippen LogP contribution in [0.2, 0.25) is 5.02 Å². The zero-order chi connectivity index (χ0) is 19.0. The van der Waals surface area contributed by atoms with Crippen LogP contribution in [0.1, 0.15) is 10.4 Å². The van der Waals surface area contributed by atoms with Gasteiger partial charge in [0.05, 0.1) is 16.8 Å². The zero-order valence-electron chi connectivity index (χ0n) is 13.6. The fraction of sp³-hybridized carbons (Fsp3) is 0. The molecule has 3 heterocycles. The third kappa shape index (κ3) is 3.30. The minimum Gasteiger partial charge on any atom is -0.494 e. The fourth-order valence-electron chi connectivity index (χ4n) is 2.63. The van der Waals surface area contributed by atoms with E-state index in [2.05, 4.69) is 15.2 Å². The van der Waals surface area contributed by atoms with E-state index in [1.54, 1.807) is 36.6 Å². The van der Waals surface area contributed by atoms with E-state index in [4.69, 9.17) is 23.8 Å². The van der Waals surface area contributed by atoms with E-state index in [9.17, 15) is 9.90 Å². The Kier molecular flexibility index (Phi) is 4.61. The highest BCUT2D eigenvalue weighted by Gasteiger charge is 2.18. The van der Waals surface area contributed by atoms with Gasteiger partial charge in [0, 0.05) is 10.6 Å². The molecule has 9 heteroatoms. The van der Waals surface area contributed by atoms with E-state index in [1.165, 1.54) is 15.9 Å². The molecule has 6 nitrogen and oxygen atoms in total. The second kappa shape index (κ2) is 7.07.